The summed E-state index contributed by atoms with van der Waals surface area (Å²) >= 11 is 0. The summed E-state index contributed by atoms with van der Waals surface area (Å²) in [5, 5.41) is 4.89. The second-order valence-corrected chi connectivity index (χ2v) is 5.28. The fraction of sp³-hybridized carbons (Fsp3) is 0.750. The third-order valence-corrected chi connectivity index (χ3v) is 3.54. The smallest absolute Gasteiger partial charge is 0.238 e. The molecule has 0 aliphatic rings. The molecule has 3 N–H and O–H groups in total. The highest BCUT2D eigenvalue weighted by atomic mass is 16.1. The van der Waals surface area contributed by atoms with Gasteiger partial charge in [-0.25, -0.2) is 0 Å². The minimum absolute atomic E-state index is 0.154. The topological polar surface area (TPSA) is 61.4 Å². The molecule has 0 aliphatic heterocycles. The lowest BCUT2D eigenvalue weighted by atomic mass is 10.1. The van der Waals surface area contributed by atoms with Crippen molar-refractivity contribution in [2.24, 2.45) is 5.84 Å². The van der Waals surface area contributed by atoms with Crippen LogP contribution in [-0.4, -0.2) is 41.6 Å². The number of carbonyl (C=O) groups is 1. The second-order valence-electron chi connectivity index (χ2n) is 5.28. The molecular formula is C16H33N4O+. The van der Waals surface area contributed by atoms with Crippen LogP contribution < -0.4 is 11.2 Å². The van der Waals surface area contributed by atoms with Gasteiger partial charge in [0.1, 0.15) is 0 Å². The highest BCUT2D eigenvalue weighted by Crippen LogP contribution is 2.03. The summed E-state index contributed by atoms with van der Waals surface area (Å²) in [6.45, 7) is 9.65. The Kier molecular flexibility index (Phi) is 11.4. The summed E-state index contributed by atoms with van der Waals surface area (Å²) in [4.78, 5) is 13.3. The van der Waals surface area contributed by atoms with E-state index in [0.717, 1.165) is 44.5 Å². The maximum atomic E-state index is 11.6. The Labute approximate surface area is 129 Å². The van der Waals surface area contributed by atoms with E-state index in [9.17, 15) is 4.79 Å². The molecule has 0 aromatic heterocycles. The summed E-state index contributed by atoms with van der Waals surface area (Å²) in [6.07, 6.45) is 8.46. The number of allylic oxidation sites excluding steroid dienone is 1. The highest BCUT2D eigenvalue weighted by Gasteiger charge is 2.12. The van der Waals surface area contributed by atoms with Crippen molar-refractivity contribution in [3.63, 3.8) is 0 Å². The minimum atomic E-state index is 0.154. The van der Waals surface area contributed by atoms with E-state index in [4.69, 9.17) is 5.84 Å². The van der Waals surface area contributed by atoms with Crippen molar-refractivity contribution in [1.82, 2.24) is 10.3 Å². The van der Waals surface area contributed by atoms with Crippen molar-refractivity contribution in [3.05, 3.63) is 12.7 Å². The normalized spacial score (nSPS) is 11.8. The van der Waals surface area contributed by atoms with Crippen LogP contribution in [0, 0.1) is 0 Å². The first-order chi connectivity index (χ1) is 10.1. The number of hydrazine groups is 2. The zero-order chi connectivity index (χ0) is 16.1. The summed E-state index contributed by atoms with van der Waals surface area (Å²) in [7, 11) is 1.94. The molecule has 0 bridgehead atoms. The molecular weight excluding hydrogens is 264 g/mol. The number of carbonyl (C=O) groups excluding carboxylic acids is 1. The van der Waals surface area contributed by atoms with E-state index >= 15 is 0 Å². The Bertz CT molecular complexity index is 339. The lowest BCUT2D eigenvalue weighted by Gasteiger charge is -2.11. The molecule has 5 nitrogen and oxygen atoms in total. The lowest BCUT2D eigenvalue weighted by Crippen LogP contribution is -2.40. The molecule has 0 unspecified atom stereocenters. The van der Waals surface area contributed by atoms with E-state index in [2.05, 4.69) is 18.8 Å². The maximum absolute atomic E-state index is 11.6. The van der Waals surface area contributed by atoms with Crippen LogP contribution in [0.15, 0.2) is 12.7 Å². The van der Waals surface area contributed by atoms with E-state index in [1.165, 1.54) is 12.8 Å². The highest BCUT2D eigenvalue weighted by molar-refractivity contribution is 5.90. The number of nitrogens with zero attached hydrogens (tertiary/aromatic N) is 2. The third kappa shape index (κ3) is 9.10. The summed E-state index contributed by atoms with van der Waals surface area (Å²) < 4.78 is 0. The van der Waals surface area contributed by atoms with Crippen LogP contribution in [0.5, 0.6) is 0 Å². The van der Waals surface area contributed by atoms with Crippen LogP contribution in [0.25, 0.3) is 0 Å². The molecule has 21 heavy (non-hydrogen) atoms. The molecule has 0 saturated carbocycles. The number of amides is 1. The first-order valence-electron chi connectivity index (χ1n) is 8.07. The Balaban J connectivity index is 3.92. The summed E-state index contributed by atoms with van der Waals surface area (Å²) in [6, 6.07) is 0. The molecule has 0 fully saturated rings. The van der Waals surface area contributed by atoms with Crippen molar-refractivity contribution in [1.29, 1.82) is 0 Å². The van der Waals surface area contributed by atoms with E-state index < -0.39 is 0 Å². The van der Waals surface area contributed by atoms with Gasteiger partial charge >= 0.3 is 0 Å². The quantitative estimate of drug-likeness (QED) is 0.191. The van der Waals surface area contributed by atoms with Crippen LogP contribution in [0.1, 0.15) is 58.8 Å². The summed E-state index contributed by atoms with van der Waals surface area (Å²) in [5.41, 5.74) is 0.989. The molecule has 0 aliphatic carbocycles. The zero-order valence-corrected chi connectivity index (χ0v) is 14.0. The number of hydrogen-bond donors (Lipinski definition) is 2. The molecule has 0 rings (SSSR count). The Morgan fingerprint density at radius 3 is 2.48 bits per heavy atom. The van der Waals surface area contributed by atoms with Crippen molar-refractivity contribution >= 4 is 11.6 Å². The third-order valence-electron chi connectivity index (χ3n) is 3.54. The molecule has 0 heterocycles. The number of unbranched alkanes of at least 4 members (excludes halogenated alkanes) is 3. The first kappa shape index (κ1) is 19.5. The molecule has 1 amide bonds. The van der Waals surface area contributed by atoms with E-state index in [1.807, 2.05) is 19.0 Å². The van der Waals surface area contributed by atoms with Crippen molar-refractivity contribution < 1.29 is 9.59 Å². The molecule has 0 saturated heterocycles. The van der Waals surface area contributed by atoms with Crippen molar-refractivity contribution in [2.45, 2.75) is 58.8 Å². The summed E-state index contributed by atoms with van der Waals surface area (Å²) in [5.74, 6) is 6.14. The van der Waals surface area contributed by atoms with Crippen LogP contribution in [-0.2, 0) is 4.79 Å². The van der Waals surface area contributed by atoms with E-state index in [1.54, 1.807) is 10.9 Å². The van der Waals surface area contributed by atoms with Gasteiger partial charge in [0.15, 0.2) is 0 Å². The average Bonchev–Trinajstić information content (AvgIpc) is 2.50. The van der Waals surface area contributed by atoms with E-state index in [-0.39, 0.29) is 5.91 Å². The number of rotatable bonds is 12. The van der Waals surface area contributed by atoms with Gasteiger partial charge in [0.2, 0.25) is 11.6 Å². The van der Waals surface area contributed by atoms with Crippen molar-refractivity contribution in [2.75, 3.05) is 20.1 Å². The fourth-order valence-corrected chi connectivity index (χ4v) is 1.96. The molecule has 5 heteroatoms. The van der Waals surface area contributed by atoms with Crippen molar-refractivity contribution in [3.8, 4) is 0 Å². The second kappa shape index (κ2) is 12.2. The number of nitrogens with two attached hydrogens (primary N) is 1. The van der Waals surface area contributed by atoms with E-state index in [0.29, 0.717) is 6.42 Å². The largest absolute Gasteiger partial charge is 0.356 e. The van der Waals surface area contributed by atoms with Crippen LogP contribution >= 0.6 is 0 Å². The van der Waals surface area contributed by atoms with Crippen LogP contribution in [0.2, 0.25) is 0 Å². The van der Waals surface area contributed by atoms with Crippen LogP contribution in [0.3, 0.4) is 0 Å². The van der Waals surface area contributed by atoms with Gasteiger partial charge < -0.3 is 5.32 Å². The van der Waals surface area contributed by atoms with Gasteiger partial charge in [-0.1, -0.05) is 26.3 Å². The predicted octanol–water partition coefficient (Wildman–Crippen LogP) is 2.23. The predicted molar refractivity (Wildman–Crippen MR) is 89.0 cm³/mol. The molecule has 0 atom stereocenters. The average molecular weight is 297 g/mol. The Morgan fingerprint density at radius 2 is 1.90 bits per heavy atom. The first-order valence-corrected chi connectivity index (χ1v) is 8.07. The van der Waals surface area contributed by atoms with Gasteiger partial charge in [-0.15, -0.1) is 0 Å². The zero-order valence-electron chi connectivity index (χ0n) is 14.0. The van der Waals surface area contributed by atoms with Gasteiger partial charge in [0, 0.05) is 25.5 Å². The van der Waals surface area contributed by atoms with Gasteiger partial charge in [0.05, 0.1) is 13.6 Å². The Morgan fingerprint density at radius 1 is 1.24 bits per heavy atom. The maximum Gasteiger partial charge on any atom is 0.238 e. The Hall–Kier alpha value is -1.52. The molecule has 122 valence electrons. The molecule has 0 spiro atoms. The van der Waals surface area contributed by atoms with Gasteiger partial charge in [-0.2, -0.15) is 10.9 Å². The molecule has 0 radical (unpaired) electrons. The number of hydrogen-bond acceptors (Lipinski definition) is 3. The standard InChI is InChI=1S/C16H32N4O/c1-5-8-11-14-18-16(21)13-10-9-12-15(6-2)20(17)19(4)7-3/h6H,2,5,7-14,17H2,1,3-4H3/p+1. The monoisotopic (exact) mass is 297 g/mol. The van der Waals surface area contributed by atoms with Gasteiger partial charge in [-0.3, -0.25) is 4.79 Å². The molecule has 0 aromatic carbocycles. The van der Waals surface area contributed by atoms with Crippen LogP contribution in [0.4, 0.5) is 0 Å². The number of hydrazone groups is 2. The fourth-order valence-electron chi connectivity index (χ4n) is 1.96. The minimum Gasteiger partial charge on any atom is -0.356 e. The van der Waals surface area contributed by atoms with Gasteiger partial charge in [0.25, 0.3) is 0 Å². The van der Waals surface area contributed by atoms with Gasteiger partial charge in [-0.05, 0) is 31.0 Å². The lowest BCUT2D eigenvalue weighted by molar-refractivity contribution is -0.694. The number of nitrogens with one attached hydrogen (secondary N) is 1. The molecule has 0 aromatic rings. The SMILES string of the molecule is C=CC(CCCCC(=O)NCCCCC)=[N+](N)N(C)CC.